The smallest absolute Gasteiger partial charge is 0.416 e. The number of hydrogen-bond acceptors (Lipinski definition) is 4. The average Bonchev–Trinajstić information content (AvgIpc) is 2.60. The van der Waals surface area contributed by atoms with Crippen molar-refractivity contribution >= 4 is 17.6 Å². The molecule has 0 heterocycles. The summed E-state index contributed by atoms with van der Waals surface area (Å²) in [5.74, 6) is -2.37. The van der Waals surface area contributed by atoms with E-state index in [1.807, 2.05) is 0 Å². The highest BCUT2D eigenvalue weighted by atomic mass is 19.4. The van der Waals surface area contributed by atoms with E-state index in [1.54, 1.807) is 0 Å². The first kappa shape index (κ1) is 19.9. The molecule has 2 rings (SSSR count). The summed E-state index contributed by atoms with van der Waals surface area (Å²) >= 11 is 0. The van der Waals surface area contributed by atoms with E-state index >= 15 is 0 Å². The maximum atomic E-state index is 12.7. The summed E-state index contributed by atoms with van der Waals surface area (Å²) < 4.78 is 38.2. The van der Waals surface area contributed by atoms with Gasteiger partial charge in [0, 0.05) is 24.1 Å². The Bertz CT molecular complexity index is 866. The van der Waals surface area contributed by atoms with Gasteiger partial charge in [-0.2, -0.15) is 13.2 Å². The van der Waals surface area contributed by atoms with Crippen LogP contribution in [-0.2, 0) is 17.4 Å². The molecule has 0 saturated heterocycles. The summed E-state index contributed by atoms with van der Waals surface area (Å²) in [6.07, 6.45) is -4.83. The van der Waals surface area contributed by atoms with Crippen molar-refractivity contribution in [1.29, 1.82) is 0 Å². The molecule has 0 saturated carbocycles. The molecule has 2 aromatic rings. The number of aliphatic carboxylic acids is 1. The number of halogens is 3. The standard InChI is InChI=1S/C17H13F3N2O5/c18-17(19,20)12-3-1-2-11(9-12)15(23)21-14(16(24)25)8-10-4-6-13(7-5-10)22(26)27/h1-7,9,14H,8H2,(H,21,23)(H,24,25)/t14-/m0/s1. The summed E-state index contributed by atoms with van der Waals surface area (Å²) in [6.45, 7) is 0. The van der Waals surface area contributed by atoms with Crippen molar-refractivity contribution in [2.45, 2.75) is 18.6 Å². The molecule has 0 aromatic heterocycles. The van der Waals surface area contributed by atoms with Crippen molar-refractivity contribution in [2.24, 2.45) is 0 Å². The fraction of sp³-hybridized carbons (Fsp3) is 0.176. The van der Waals surface area contributed by atoms with Crippen LogP contribution in [0.2, 0.25) is 0 Å². The molecule has 1 atom stereocenters. The number of alkyl halides is 3. The third-order valence-electron chi connectivity index (χ3n) is 3.64. The van der Waals surface area contributed by atoms with E-state index in [4.69, 9.17) is 0 Å². The molecule has 7 nitrogen and oxygen atoms in total. The Morgan fingerprint density at radius 1 is 1.15 bits per heavy atom. The number of non-ortho nitro benzene ring substituents is 1. The Balaban J connectivity index is 2.15. The van der Waals surface area contributed by atoms with Gasteiger partial charge in [0.25, 0.3) is 11.6 Å². The van der Waals surface area contributed by atoms with Gasteiger partial charge in [0.05, 0.1) is 10.5 Å². The Kier molecular flexibility index (Phi) is 5.78. The Morgan fingerprint density at radius 3 is 2.30 bits per heavy atom. The zero-order valence-electron chi connectivity index (χ0n) is 13.6. The van der Waals surface area contributed by atoms with Gasteiger partial charge in [-0.3, -0.25) is 14.9 Å². The van der Waals surface area contributed by atoms with Crippen LogP contribution in [0.1, 0.15) is 21.5 Å². The van der Waals surface area contributed by atoms with Crippen LogP contribution in [0.5, 0.6) is 0 Å². The number of nitro groups is 1. The third-order valence-corrected chi connectivity index (χ3v) is 3.64. The molecule has 2 aromatic carbocycles. The lowest BCUT2D eigenvalue weighted by atomic mass is 10.0. The van der Waals surface area contributed by atoms with Crippen molar-refractivity contribution in [3.8, 4) is 0 Å². The number of nitrogens with zero attached hydrogens (tertiary/aromatic N) is 1. The van der Waals surface area contributed by atoms with Gasteiger partial charge in [-0.1, -0.05) is 18.2 Å². The fourth-order valence-corrected chi connectivity index (χ4v) is 2.27. The maximum absolute atomic E-state index is 12.7. The van der Waals surface area contributed by atoms with Gasteiger partial charge >= 0.3 is 12.1 Å². The van der Waals surface area contributed by atoms with Crippen LogP contribution in [0, 0.1) is 10.1 Å². The molecule has 0 aliphatic heterocycles. The second-order valence-corrected chi connectivity index (χ2v) is 5.57. The Hall–Kier alpha value is -3.43. The van der Waals surface area contributed by atoms with Crippen LogP contribution in [0.15, 0.2) is 48.5 Å². The van der Waals surface area contributed by atoms with E-state index in [0.29, 0.717) is 11.6 Å². The van der Waals surface area contributed by atoms with E-state index in [1.165, 1.54) is 24.3 Å². The van der Waals surface area contributed by atoms with Crippen LogP contribution >= 0.6 is 0 Å². The predicted molar refractivity (Wildman–Crippen MR) is 87.1 cm³/mol. The number of benzene rings is 2. The number of nitrogens with one attached hydrogen (secondary N) is 1. The number of carbonyl (C=O) groups excluding carboxylic acids is 1. The van der Waals surface area contributed by atoms with Crippen LogP contribution in [0.4, 0.5) is 18.9 Å². The first-order chi connectivity index (χ1) is 12.6. The van der Waals surface area contributed by atoms with Crippen LogP contribution in [0.3, 0.4) is 0 Å². The molecule has 0 fully saturated rings. The Morgan fingerprint density at radius 2 is 1.78 bits per heavy atom. The molecule has 0 bridgehead atoms. The largest absolute Gasteiger partial charge is 0.480 e. The van der Waals surface area contributed by atoms with Crippen LogP contribution in [-0.4, -0.2) is 27.9 Å². The first-order valence-corrected chi connectivity index (χ1v) is 7.52. The number of carbonyl (C=O) groups is 2. The van der Waals surface area contributed by atoms with Crippen molar-refractivity contribution in [1.82, 2.24) is 5.32 Å². The highest BCUT2D eigenvalue weighted by Crippen LogP contribution is 2.29. The third kappa shape index (κ3) is 5.27. The molecule has 2 N–H and O–H groups in total. The van der Waals surface area contributed by atoms with Gasteiger partial charge in [-0.15, -0.1) is 0 Å². The predicted octanol–water partition coefficient (Wildman–Crippen LogP) is 3.04. The number of carboxylic acid groups (broad SMARTS) is 1. The highest BCUT2D eigenvalue weighted by Gasteiger charge is 2.31. The lowest BCUT2D eigenvalue weighted by Crippen LogP contribution is -2.42. The van der Waals surface area contributed by atoms with Gasteiger partial charge in [0.15, 0.2) is 0 Å². The minimum Gasteiger partial charge on any atom is -0.480 e. The van der Waals surface area contributed by atoms with Gasteiger partial charge in [-0.05, 0) is 23.8 Å². The number of hydrogen-bond donors (Lipinski definition) is 2. The number of carboxylic acids is 1. The molecule has 0 radical (unpaired) electrons. The van der Waals surface area contributed by atoms with Gasteiger partial charge in [0.2, 0.25) is 0 Å². The van der Waals surface area contributed by atoms with Crippen molar-refractivity contribution in [2.75, 3.05) is 0 Å². The van der Waals surface area contributed by atoms with Crippen LogP contribution in [0.25, 0.3) is 0 Å². The molecule has 0 spiro atoms. The number of rotatable bonds is 6. The second kappa shape index (κ2) is 7.85. The zero-order valence-corrected chi connectivity index (χ0v) is 13.6. The van der Waals surface area contributed by atoms with E-state index in [9.17, 15) is 38.0 Å². The maximum Gasteiger partial charge on any atom is 0.416 e. The molecule has 0 aliphatic carbocycles. The van der Waals surface area contributed by atoms with E-state index < -0.39 is 34.6 Å². The van der Waals surface area contributed by atoms with Crippen molar-refractivity contribution < 1.29 is 32.8 Å². The SMILES string of the molecule is O=C(N[C@@H](Cc1ccc([N+](=O)[O-])cc1)C(=O)O)c1cccc(C(F)(F)F)c1. The van der Waals surface area contributed by atoms with Crippen molar-refractivity contribution in [3.05, 3.63) is 75.3 Å². The minimum absolute atomic E-state index is 0.182. The van der Waals surface area contributed by atoms with E-state index in [-0.39, 0.29) is 17.7 Å². The minimum atomic E-state index is -4.64. The lowest BCUT2D eigenvalue weighted by molar-refractivity contribution is -0.384. The zero-order chi connectivity index (χ0) is 20.2. The van der Waals surface area contributed by atoms with Gasteiger partial charge in [-0.25, -0.2) is 4.79 Å². The summed E-state index contributed by atoms with van der Waals surface area (Å²) in [5.41, 5.74) is -1.15. The monoisotopic (exact) mass is 382 g/mol. The van der Waals surface area contributed by atoms with E-state index in [2.05, 4.69) is 5.32 Å². The molecule has 1 amide bonds. The lowest BCUT2D eigenvalue weighted by Gasteiger charge is -2.15. The van der Waals surface area contributed by atoms with Gasteiger partial charge < -0.3 is 10.4 Å². The molecule has 27 heavy (non-hydrogen) atoms. The summed E-state index contributed by atoms with van der Waals surface area (Å²) in [6, 6.07) is 7.22. The van der Waals surface area contributed by atoms with Crippen LogP contribution < -0.4 is 5.32 Å². The molecular weight excluding hydrogens is 369 g/mol. The summed E-state index contributed by atoms with van der Waals surface area (Å²) in [7, 11) is 0. The molecule has 0 unspecified atom stereocenters. The van der Waals surface area contributed by atoms with Crippen molar-refractivity contribution in [3.63, 3.8) is 0 Å². The molecular formula is C17H13F3N2O5. The quantitative estimate of drug-likeness (QED) is 0.590. The number of nitro benzene ring substituents is 1. The van der Waals surface area contributed by atoms with Gasteiger partial charge in [0.1, 0.15) is 6.04 Å². The van der Waals surface area contributed by atoms with E-state index in [0.717, 1.165) is 18.2 Å². The highest BCUT2D eigenvalue weighted by molar-refractivity contribution is 5.96. The Labute approximate surface area is 150 Å². The molecule has 0 aliphatic rings. The molecule has 10 heteroatoms. The average molecular weight is 382 g/mol. The first-order valence-electron chi connectivity index (χ1n) is 7.52. The normalized spacial score (nSPS) is 12.3. The number of amides is 1. The summed E-state index contributed by atoms with van der Waals surface area (Å²) in [4.78, 5) is 33.5. The summed E-state index contributed by atoms with van der Waals surface area (Å²) in [5, 5.41) is 22.0. The topological polar surface area (TPSA) is 110 Å². The molecule has 142 valence electrons. The second-order valence-electron chi connectivity index (χ2n) is 5.57. The fourth-order valence-electron chi connectivity index (χ4n) is 2.27.